The van der Waals surface area contributed by atoms with Crippen LogP contribution in [0.2, 0.25) is 0 Å². The number of hydrazine groups is 1. The Kier molecular flexibility index (Phi) is 6.59. The van der Waals surface area contributed by atoms with Gasteiger partial charge in [0.1, 0.15) is 12.4 Å². The van der Waals surface area contributed by atoms with Crippen molar-refractivity contribution in [1.82, 2.24) is 16.2 Å². The summed E-state index contributed by atoms with van der Waals surface area (Å²) in [5.74, 6) is 0.537. The summed E-state index contributed by atoms with van der Waals surface area (Å²) in [7, 11) is 0. The van der Waals surface area contributed by atoms with Gasteiger partial charge in [-0.25, -0.2) is 0 Å². The molecule has 0 aliphatic carbocycles. The van der Waals surface area contributed by atoms with E-state index in [9.17, 15) is 4.79 Å². The standard InChI is InChI=1S/C22H21N3O2S/c1-2-13-23-22(28)25-24-21(26)18-9-7-16(8-10-18)15-27-20-12-11-17-5-3-4-6-19(17)14-20/h2-12,14H,1,13,15H2,(H,24,26)(H2,23,25,28). The Labute approximate surface area is 169 Å². The third kappa shape index (κ3) is 5.31. The first-order valence-corrected chi connectivity index (χ1v) is 9.22. The molecule has 28 heavy (non-hydrogen) atoms. The molecule has 3 N–H and O–H groups in total. The fraction of sp³-hybridized carbons (Fsp3) is 0.0909. The van der Waals surface area contributed by atoms with Gasteiger partial charge < -0.3 is 10.1 Å². The van der Waals surface area contributed by atoms with Crippen LogP contribution in [-0.2, 0) is 6.61 Å². The largest absolute Gasteiger partial charge is 0.489 e. The van der Waals surface area contributed by atoms with Crippen molar-refractivity contribution in [1.29, 1.82) is 0 Å². The highest BCUT2D eigenvalue weighted by atomic mass is 32.1. The van der Waals surface area contributed by atoms with Crippen molar-refractivity contribution in [3.8, 4) is 5.75 Å². The van der Waals surface area contributed by atoms with E-state index in [1.165, 1.54) is 5.39 Å². The number of hydrogen-bond acceptors (Lipinski definition) is 3. The quantitative estimate of drug-likeness (QED) is 0.340. The minimum atomic E-state index is -0.273. The number of rotatable bonds is 6. The summed E-state index contributed by atoms with van der Waals surface area (Å²) < 4.78 is 5.87. The average molecular weight is 391 g/mol. The average Bonchev–Trinajstić information content (AvgIpc) is 2.74. The Morgan fingerprint density at radius 2 is 1.75 bits per heavy atom. The summed E-state index contributed by atoms with van der Waals surface area (Å²) in [5, 5.41) is 5.51. The summed E-state index contributed by atoms with van der Waals surface area (Å²) in [5.41, 5.74) is 6.68. The van der Waals surface area contributed by atoms with E-state index in [4.69, 9.17) is 17.0 Å². The number of hydrogen-bond donors (Lipinski definition) is 3. The van der Waals surface area contributed by atoms with Crippen LogP contribution in [0.1, 0.15) is 15.9 Å². The van der Waals surface area contributed by atoms with Crippen LogP contribution in [0.15, 0.2) is 79.4 Å². The summed E-state index contributed by atoms with van der Waals surface area (Å²) in [6.45, 7) is 4.53. The lowest BCUT2D eigenvalue weighted by Gasteiger charge is -2.11. The molecule has 3 rings (SSSR count). The Morgan fingerprint density at radius 1 is 1.00 bits per heavy atom. The molecule has 0 aliphatic heterocycles. The predicted octanol–water partition coefficient (Wildman–Crippen LogP) is 3.71. The second-order valence-corrected chi connectivity index (χ2v) is 6.48. The highest BCUT2D eigenvalue weighted by Gasteiger charge is 2.06. The molecule has 0 aliphatic rings. The summed E-state index contributed by atoms with van der Waals surface area (Å²) >= 11 is 5.02. The lowest BCUT2D eigenvalue weighted by Crippen LogP contribution is -2.46. The molecule has 0 atom stereocenters. The number of ether oxygens (including phenoxy) is 1. The number of carbonyl (C=O) groups is 1. The topological polar surface area (TPSA) is 62.4 Å². The van der Waals surface area contributed by atoms with Gasteiger partial charge in [-0.2, -0.15) is 0 Å². The van der Waals surface area contributed by atoms with Crippen LogP contribution in [0.25, 0.3) is 10.8 Å². The van der Waals surface area contributed by atoms with Crippen molar-refractivity contribution in [3.05, 3.63) is 90.5 Å². The lowest BCUT2D eigenvalue weighted by atomic mass is 10.1. The van der Waals surface area contributed by atoms with Crippen LogP contribution in [0.3, 0.4) is 0 Å². The van der Waals surface area contributed by atoms with E-state index < -0.39 is 0 Å². The van der Waals surface area contributed by atoms with Gasteiger partial charge in [0.25, 0.3) is 5.91 Å². The van der Waals surface area contributed by atoms with E-state index in [0.717, 1.165) is 16.7 Å². The number of carbonyl (C=O) groups excluding carboxylic acids is 1. The molecule has 1 amide bonds. The monoisotopic (exact) mass is 391 g/mol. The van der Waals surface area contributed by atoms with Crippen molar-refractivity contribution >= 4 is 34.0 Å². The SMILES string of the molecule is C=CCNC(=S)NNC(=O)c1ccc(COc2ccc3ccccc3c2)cc1. The zero-order valence-corrected chi connectivity index (χ0v) is 16.1. The number of amides is 1. The maximum Gasteiger partial charge on any atom is 0.269 e. The zero-order chi connectivity index (χ0) is 19.8. The Morgan fingerprint density at radius 3 is 2.50 bits per heavy atom. The third-order valence-corrected chi connectivity index (χ3v) is 4.29. The highest BCUT2D eigenvalue weighted by molar-refractivity contribution is 7.80. The molecular weight excluding hydrogens is 370 g/mol. The third-order valence-electron chi connectivity index (χ3n) is 4.04. The molecule has 0 saturated carbocycles. The summed E-state index contributed by atoms with van der Waals surface area (Å²) in [6.07, 6.45) is 1.68. The van der Waals surface area contributed by atoms with Gasteiger partial charge >= 0.3 is 0 Å². The minimum Gasteiger partial charge on any atom is -0.489 e. The summed E-state index contributed by atoms with van der Waals surface area (Å²) in [4.78, 5) is 12.1. The van der Waals surface area contributed by atoms with Gasteiger partial charge in [-0.15, -0.1) is 6.58 Å². The molecular formula is C22H21N3O2S. The lowest BCUT2D eigenvalue weighted by molar-refractivity contribution is 0.0943. The first-order valence-electron chi connectivity index (χ1n) is 8.81. The maximum atomic E-state index is 12.1. The van der Waals surface area contributed by atoms with Gasteiger partial charge in [0, 0.05) is 12.1 Å². The molecule has 0 aromatic heterocycles. The van der Waals surface area contributed by atoms with Crippen LogP contribution >= 0.6 is 12.2 Å². The molecule has 0 spiro atoms. The number of fused-ring (bicyclic) bond motifs is 1. The fourth-order valence-corrected chi connectivity index (χ4v) is 2.71. The van der Waals surface area contributed by atoms with Crippen LogP contribution in [-0.4, -0.2) is 17.6 Å². The van der Waals surface area contributed by atoms with Crippen molar-refractivity contribution in [2.75, 3.05) is 6.54 Å². The smallest absolute Gasteiger partial charge is 0.269 e. The van der Waals surface area contributed by atoms with E-state index in [2.05, 4.69) is 34.9 Å². The Bertz CT molecular complexity index is 986. The van der Waals surface area contributed by atoms with E-state index in [1.54, 1.807) is 18.2 Å². The molecule has 0 bridgehead atoms. The number of nitrogens with one attached hydrogen (secondary N) is 3. The van der Waals surface area contributed by atoms with E-state index in [1.807, 2.05) is 42.5 Å². The van der Waals surface area contributed by atoms with Crippen LogP contribution in [0.5, 0.6) is 5.75 Å². The molecule has 3 aromatic carbocycles. The molecule has 0 saturated heterocycles. The van der Waals surface area contributed by atoms with E-state index in [-0.39, 0.29) is 5.91 Å². The normalized spacial score (nSPS) is 10.1. The van der Waals surface area contributed by atoms with Crippen LogP contribution in [0, 0.1) is 0 Å². The molecule has 5 nitrogen and oxygen atoms in total. The molecule has 6 heteroatoms. The first-order chi connectivity index (χ1) is 13.7. The Balaban J connectivity index is 1.52. The van der Waals surface area contributed by atoms with Crippen LogP contribution in [0.4, 0.5) is 0 Å². The molecule has 3 aromatic rings. The van der Waals surface area contributed by atoms with Gasteiger partial charge in [-0.05, 0) is 52.8 Å². The van der Waals surface area contributed by atoms with Crippen molar-refractivity contribution in [2.24, 2.45) is 0 Å². The van der Waals surface area contributed by atoms with Gasteiger partial charge in [0.05, 0.1) is 0 Å². The number of thiocarbonyl (C=S) groups is 1. The molecule has 0 radical (unpaired) electrons. The zero-order valence-electron chi connectivity index (χ0n) is 15.3. The summed E-state index contributed by atoms with van der Waals surface area (Å²) in [6, 6.07) is 21.4. The molecule has 0 unspecified atom stereocenters. The number of benzene rings is 3. The van der Waals surface area contributed by atoms with E-state index in [0.29, 0.717) is 23.8 Å². The fourth-order valence-electron chi connectivity index (χ4n) is 2.57. The van der Waals surface area contributed by atoms with Gasteiger partial charge in [0.2, 0.25) is 0 Å². The first kappa shape index (κ1) is 19.4. The Hall–Kier alpha value is -3.38. The van der Waals surface area contributed by atoms with E-state index >= 15 is 0 Å². The maximum absolute atomic E-state index is 12.1. The van der Waals surface area contributed by atoms with Gasteiger partial charge in [-0.3, -0.25) is 15.6 Å². The second kappa shape index (κ2) is 9.53. The van der Waals surface area contributed by atoms with Gasteiger partial charge in [0.15, 0.2) is 5.11 Å². The molecule has 0 fully saturated rings. The van der Waals surface area contributed by atoms with Crippen molar-refractivity contribution in [3.63, 3.8) is 0 Å². The van der Waals surface area contributed by atoms with Crippen molar-refractivity contribution < 1.29 is 9.53 Å². The van der Waals surface area contributed by atoms with Gasteiger partial charge in [-0.1, -0.05) is 48.5 Å². The van der Waals surface area contributed by atoms with Crippen molar-refractivity contribution in [2.45, 2.75) is 6.61 Å². The molecule has 0 heterocycles. The van der Waals surface area contributed by atoms with Crippen LogP contribution < -0.4 is 20.9 Å². The highest BCUT2D eigenvalue weighted by Crippen LogP contribution is 2.21. The molecule has 142 valence electrons. The second-order valence-electron chi connectivity index (χ2n) is 6.07. The minimum absolute atomic E-state index is 0.273. The predicted molar refractivity (Wildman–Crippen MR) is 116 cm³/mol.